The fourth-order valence-corrected chi connectivity index (χ4v) is 2.48. The van der Waals surface area contributed by atoms with E-state index in [4.69, 9.17) is 5.84 Å². The van der Waals surface area contributed by atoms with Crippen LogP contribution in [0.5, 0.6) is 0 Å². The SMILES string of the molecule is CC(C)(C)CC(CCc1cccs1)NN. The fourth-order valence-electron chi connectivity index (χ4n) is 1.75. The van der Waals surface area contributed by atoms with Gasteiger partial charge < -0.3 is 0 Å². The Morgan fingerprint density at radius 2 is 2.20 bits per heavy atom. The molecule has 0 saturated carbocycles. The van der Waals surface area contributed by atoms with E-state index in [1.54, 1.807) is 0 Å². The zero-order chi connectivity index (χ0) is 11.3. The Bertz CT molecular complexity index is 262. The van der Waals surface area contributed by atoms with Gasteiger partial charge in [0.15, 0.2) is 0 Å². The molecule has 0 aliphatic heterocycles. The van der Waals surface area contributed by atoms with E-state index in [2.05, 4.69) is 43.7 Å². The average molecular weight is 226 g/mol. The van der Waals surface area contributed by atoms with E-state index in [9.17, 15) is 0 Å². The van der Waals surface area contributed by atoms with Crippen LogP contribution >= 0.6 is 11.3 Å². The number of nitrogens with one attached hydrogen (secondary N) is 1. The highest BCUT2D eigenvalue weighted by Crippen LogP contribution is 2.23. The third-order valence-electron chi connectivity index (χ3n) is 2.41. The van der Waals surface area contributed by atoms with Crippen LogP contribution in [0.15, 0.2) is 17.5 Å². The van der Waals surface area contributed by atoms with Gasteiger partial charge in [0.1, 0.15) is 0 Å². The van der Waals surface area contributed by atoms with Crippen LogP contribution < -0.4 is 11.3 Å². The molecule has 1 rings (SSSR count). The second-order valence-corrected chi connectivity index (χ2v) is 6.28. The van der Waals surface area contributed by atoms with Gasteiger partial charge in [-0.1, -0.05) is 26.8 Å². The van der Waals surface area contributed by atoms with Gasteiger partial charge in [-0.2, -0.15) is 0 Å². The van der Waals surface area contributed by atoms with Crippen molar-refractivity contribution >= 4 is 11.3 Å². The van der Waals surface area contributed by atoms with Gasteiger partial charge in [-0.15, -0.1) is 11.3 Å². The topological polar surface area (TPSA) is 38.0 Å². The minimum atomic E-state index is 0.340. The van der Waals surface area contributed by atoms with E-state index >= 15 is 0 Å². The molecular weight excluding hydrogens is 204 g/mol. The molecule has 0 amide bonds. The van der Waals surface area contributed by atoms with Crippen LogP contribution in [0.1, 0.15) is 38.5 Å². The highest BCUT2D eigenvalue weighted by molar-refractivity contribution is 7.09. The molecule has 1 aromatic rings. The molecular formula is C12H22N2S. The second-order valence-electron chi connectivity index (χ2n) is 5.25. The normalized spacial score (nSPS) is 14.1. The largest absolute Gasteiger partial charge is 0.271 e. The van der Waals surface area contributed by atoms with Gasteiger partial charge in [-0.3, -0.25) is 11.3 Å². The van der Waals surface area contributed by atoms with Gasteiger partial charge in [-0.05, 0) is 36.1 Å². The van der Waals surface area contributed by atoms with Gasteiger partial charge in [-0.25, -0.2) is 0 Å². The Balaban J connectivity index is 2.34. The quantitative estimate of drug-likeness (QED) is 0.598. The number of thiophene rings is 1. The van der Waals surface area contributed by atoms with Gasteiger partial charge in [0.2, 0.25) is 0 Å². The van der Waals surface area contributed by atoms with Crippen LogP contribution in [0.25, 0.3) is 0 Å². The number of hydrazine groups is 1. The van der Waals surface area contributed by atoms with Crippen molar-refractivity contribution < 1.29 is 0 Å². The predicted molar refractivity (Wildman–Crippen MR) is 67.8 cm³/mol. The molecule has 1 atom stereocenters. The molecule has 1 aromatic heterocycles. The lowest BCUT2D eigenvalue weighted by Crippen LogP contribution is -2.38. The Labute approximate surface area is 96.9 Å². The van der Waals surface area contributed by atoms with Gasteiger partial charge >= 0.3 is 0 Å². The number of aryl methyl sites for hydroxylation is 1. The number of rotatable bonds is 5. The van der Waals surface area contributed by atoms with Gasteiger partial charge in [0.25, 0.3) is 0 Å². The molecule has 1 heterocycles. The fraction of sp³-hybridized carbons (Fsp3) is 0.667. The van der Waals surface area contributed by atoms with Crippen molar-refractivity contribution in [2.75, 3.05) is 0 Å². The summed E-state index contributed by atoms with van der Waals surface area (Å²) in [5, 5.41) is 2.13. The monoisotopic (exact) mass is 226 g/mol. The molecule has 86 valence electrons. The lowest BCUT2D eigenvalue weighted by molar-refractivity contribution is 0.300. The summed E-state index contributed by atoms with van der Waals surface area (Å²) in [6, 6.07) is 4.72. The molecule has 0 aliphatic rings. The zero-order valence-corrected chi connectivity index (χ0v) is 10.7. The summed E-state index contributed by atoms with van der Waals surface area (Å²) in [6.45, 7) is 6.76. The average Bonchev–Trinajstić information content (AvgIpc) is 2.62. The van der Waals surface area contributed by atoms with Crippen molar-refractivity contribution in [3.05, 3.63) is 22.4 Å². The molecule has 3 heteroatoms. The second kappa shape index (κ2) is 5.64. The number of nitrogens with two attached hydrogens (primary N) is 1. The van der Waals surface area contributed by atoms with Crippen LogP contribution in [0.3, 0.4) is 0 Å². The molecule has 0 spiro atoms. The highest BCUT2D eigenvalue weighted by Gasteiger charge is 2.17. The Morgan fingerprint density at radius 3 is 2.67 bits per heavy atom. The van der Waals surface area contributed by atoms with Crippen molar-refractivity contribution in [1.29, 1.82) is 0 Å². The van der Waals surface area contributed by atoms with E-state index in [0.717, 1.165) is 19.3 Å². The summed E-state index contributed by atoms with van der Waals surface area (Å²) in [6.07, 6.45) is 3.37. The lowest BCUT2D eigenvalue weighted by Gasteiger charge is -2.25. The van der Waals surface area contributed by atoms with Crippen molar-refractivity contribution in [1.82, 2.24) is 5.43 Å². The summed E-state index contributed by atoms with van der Waals surface area (Å²) in [5.74, 6) is 5.57. The standard InChI is InChI=1S/C12H22N2S/c1-12(2,3)9-10(14-13)6-7-11-5-4-8-15-11/h4-5,8,10,14H,6-7,9,13H2,1-3H3. The molecule has 0 aromatic carbocycles. The summed E-state index contributed by atoms with van der Waals surface area (Å²) in [7, 11) is 0. The zero-order valence-electron chi connectivity index (χ0n) is 9.92. The highest BCUT2D eigenvalue weighted by atomic mass is 32.1. The predicted octanol–water partition coefficient (Wildman–Crippen LogP) is 2.95. The van der Waals surface area contributed by atoms with Crippen LogP contribution in [0.4, 0.5) is 0 Å². The maximum atomic E-state index is 5.57. The molecule has 0 aliphatic carbocycles. The number of hydrogen-bond acceptors (Lipinski definition) is 3. The van der Waals surface area contributed by atoms with Gasteiger partial charge in [0, 0.05) is 10.9 Å². The van der Waals surface area contributed by atoms with E-state index in [1.165, 1.54) is 4.88 Å². The first-order chi connectivity index (χ1) is 7.01. The summed E-state index contributed by atoms with van der Waals surface area (Å²) < 4.78 is 0. The van der Waals surface area contributed by atoms with Gasteiger partial charge in [0.05, 0.1) is 0 Å². The maximum Gasteiger partial charge on any atom is 0.0219 e. The van der Waals surface area contributed by atoms with Crippen LogP contribution in [-0.2, 0) is 6.42 Å². The number of hydrogen-bond donors (Lipinski definition) is 2. The van der Waals surface area contributed by atoms with Crippen LogP contribution in [0.2, 0.25) is 0 Å². The summed E-state index contributed by atoms with van der Waals surface area (Å²) in [5.41, 5.74) is 3.27. The Kier molecular flexibility index (Phi) is 4.77. The third kappa shape index (κ3) is 5.30. The molecule has 3 N–H and O–H groups in total. The lowest BCUT2D eigenvalue weighted by atomic mass is 9.87. The first-order valence-corrected chi connectivity index (χ1v) is 6.38. The maximum absolute atomic E-state index is 5.57. The van der Waals surface area contributed by atoms with Crippen molar-refractivity contribution in [2.24, 2.45) is 11.3 Å². The van der Waals surface area contributed by atoms with Crippen LogP contribution in [0, 0.1) is 5.41 Å². The smallest absolute Gasteiger partial charge is 0.0219 e. The molecule has 0 saturated heterocycles. The van der Waals surface area contributed by atoms with E-state index in [-0.39, 0.29) is 0 Å². The minimum Gasteiger partial charge on any atom is -0.271 e. The van der Waals surface area contributed by atoms with E-state index in [0.29, 0.717) is 11.5 Å². The summed E-state index contributed by atoms with van der Waals surface area (Å²) in [4.78, 5) is 1.45. The molecule has 0 fully saturated rings. The van der Waals surface area contributed by atoms with E-state index in [1.807, 2.05) is 11.3 Å². The van der Waals surface area contributed by atoms with Crippen molar-refractivity contribution in [3.8, 4) is 0 Å². The first kappa shape index (κ1) is 12.7. The molecule has 0 radical (unpaired) electrons. The van der Waals surface area contributed by atoms with Crippen molar-refractivity contribution in [2.45, 2.75) is 46.1 Å². The molecule has 15 heavy (non-hydrogen) atoms. The third-order valence-corrected chi connectivity index (χ3v) is 3.35. The molecule has 1 unspecified atom stereocenters. The Morgan fingerprint density at radius 1 is 1.47 bits per heavy atom. The molecule has 2 nitrogen and oxygen atoms in total. The Hall–Kier alpha value is -0.380. The first-order valence-electron chi connectivity index (χ1n) is 5.50. The van der Waals surface area contributed by atoms with E-state index < -0.39 is 0 Å². The van der Waals surface area contributed by atoms with Crippen molar-refractivity contribution in [3.63, 3.8) is 0 Å². The minimum absolute atomic E-state index is 0.340. The molecule has 0 bridgehead atoms. The summed E-state index contributed by atoms with van der Waals surface area (Å²) >= 11 is 1.82. The van der Waals surface area contributed by atoms with Crippen LogP contribution in [-0.4, -0.2) is 6.04 Å².